The Morgan fingerprint density at radius 3 is 3.09 bits per heavy atom. The molecule has 23 heavy (non-hydrogen) atoms. The van der Waals surface area contributed by atoms with Crippen molar-refractivity contribution in [3.8, 4) is 0 Å². The summed E-state index contributed by atoms with van der Waals surface area (Å²) in [4.78, 5) is 14.8. The van der Waals surface area contributed by atoms with Gasteiger partial charge in [0.25, 0.3) is 0 Å². The summed E-state index contributed by atoms with van der Waals surface area (Å²) in [6, 6.07) is 0.519. The van der Waals surface area contributed by atoms with Crippen LogP contribution in [0.2, 0.25) is 0 Å². The molecule has 5 nitrogen and oxygen atoms in total. The number of nitrogens with zero attached hydrogens (tertiary/aromatic N) is 1. The van der Waals surface area contributed by atoms with Crippen LogP contribution in [0.3, 0.4) is 0 Å². The second-order valence-corrected chi connectivity index (χ2v) is 7.20. The van der Waals surface area contributed by atoms with Crippen LogP contribution in [0.5, 0.6) is 0 Å². The van der Waals surface area contributed by atoms with Crippen molar-refractivity contribution >= 4 is 5.97 Å². The molecule has 2 aliphatic heterocycles. The van der Waals surface area contributed by atoms with E-state index in [0.717, 1.165) is 39.1 Å². The van der Waals surface area contributed by atoms with Crippen molar-refractivity contribution in [2.24, 2.45) is 5.92 Å². The first-order valence-corrected chi connectivity index (χ1v) is 9.21. The normalized spacial score (nSPS) is 36.4. The van der Waals surface area contributed by atoms with Crippen LogP contribution in [-0.4, -0.2) is 55.9 Å². The molecular formula is C18H31N3O2. The summed E-state index contributed by atoms with van der Waals surface area (Å²) in [7, 11) is 1.50. The van der Waals surface area contributed by atoms with Crippen molar-refractivity contribution in [3.05, 3.63) is 12.2 Å². The Bertz CT molecular complexity index is 440. The van der Waals surface area contributed by atoms with Gasteiger partial charge in [-0.2, -0.15) is 0 Å². The second-order valence-electron chi connectivity index (χ2n) is 7.20. The zero-order chi connectivity index (χ0) is 16.1. The lowest BCUT2D eigenvalue weighted by atomic mass is 10.0. The minimum absolute atomic E-state index is 0.0975. The topological polar surface area (TPSA) is 53.6 Å². The zero-order valence-corrected chi connectivity index (χ0v) is 14.4. The minimum atomic E-state index is -0.466. The first kappa shape index (κ1) is 16.9. The molecule has 0 amide bonds. The van der Waals surface area contributed by atoms with Crippen molar-refractivity contribution in [2.75, 3.05) is 33.4 Å². The molecule has 0 aromatic heterocycles. The van der Waals surface area contributed by atoms with Gasteiger partial charge in [-0.3, -0.25) is 15.0 Å². The highest BCUT2D eigenvalue weighted by molar-refractivity contribution is 5.85. The van der Waals surface area contributed by atoms with E-state index < -0.39 is 5.54 Å². The van der Waals surface area contributed by atoms with Crippen LogP contribution in [0, 0.1) is 5.92 Å². The predicted octanol–water partition coefficient (Wildman–Crippen LogP) is 1.65. The van der Waals surface area contributed by atoms with Crippen molar-refractivity contribution in [1.29, 1.82) is 0 Å². The molecule has 0 spiro atoms. The molecular weight excluding hydrogens is 290 g/mol. The molecule has 1 saturated carbocycles. The van der Waals surface area contributed by atoms with Gasteiger partial charge in [-0.05, 0) is 51.6 Å². The molecule has 0 aromatic carbocycles. The number of methoxy groups -OCH3 is 1. The van der Waals surface area contributed by atoms with E-state index in [-0.39, 0.29) is 5.97 Å². The molecule has 3 aliphatic rings. The van der Waals surface area contributed by atoms with Gasteiger partial charge in [0.1, 0.15) is 5.54 Å². The third kappa shape index (κ3) is 3.95. The molecule has 0 radical (unpaired) electrons. The lowest BCUT2D eigenvalue weighted by Crippen LogP contribution is -2.53. The summed E-state index contributed by atoms with van der Waals surface area (Å²) >= 11 is 0. The van der Waals surface area contributed by atoms with E-state index in [1.807, 2.05) is 0 Å². The minimum Gasteiger partial charge on any atom is -0.468 e. The number of carbonyl (C=O) groups is 1. The van der Waals surface area contributed by atoms with E-state index in [1.165, 1.54) is 39.2 Å². The standard InChI is InChI=1S/C18H31N3O2/c1-23-17(22)18-12-15(18)8-4-2-3-6-10-19-14-21-11-7-5-9-16(21)13-20-18/h4,8,15-16,19-20H,2-3,5-7,9-14H2,1H3. The maximum atomic E-state index is 12.3. The van der Waals surface area contributed by atoms with E-state index in [0.29, 0.717) is 12.0 Å². The molecule has 0 bridgehead atoms. The van der Waals surface area contributed by atoms with Crippen LogP contribution in [0.1, 0.15) is 44.9 Å². The van der Waals surface area contributed by atoms with Crippen LogP contribution in [-0.2, 0) is 9.53 Å². The molecule has 2 heterocycles. The third-order valence-electron chi connectivity index (χ3n) is 5.62. The van der Waals surface area contributed by atoms with E-state index in [1.54, 1.807) is 0 Å². The maximum absolute atomic E-state index is 12.3. The molecule has 3 atom stereocenters. The lowest BCUT2D eigenvalue weighted by molar-refractivity contribution is -0.144. The Morgan fingerprint density at radius 2 is 2.22 bits per heavy atom. The van der Waals surface area contributed by atoms with Crippen molar-refractivity contribution in [3.63, 3.8) is 0 Å². The Kier molecular flexibility index (Phi) is 5.72. The highest BCUT2D eigenvalue weighted by atomic mass is 16.5. The van der Waals surface area contributed by atoms with Gasteiger partial charge in [-0.15, -0.1) is 0 Å². The molecule has 1 aliphatic carbocycles. The number of piperidine rings is 1. The van der Waals surface area contributed by atoms with Gasteiger partial charge in [-0.1, -0.05) is 18.6 Å². The highest BCUT2D eigenvalue weighted by Gasteiger charge is 2.59. The molecule has 0 aromatic rings. The lowest BCUT2D eigenvalue weighted by Gasteiger charge is -2.37. The predicted molar refractivity (Wildman–Crippen MR) is 91.1 cm³/mol. The number of carbonyl (C=O) groups excluding carboxylic acids is 1. The monoisotopic (exact) mass is 321 g/mol. The fourth-order valence-corrected chi connectivity index (χ4v) is 4.01. The average molecular weight is 321 g/mol. The number of allylic oxidation sites excluding steroid dienone is 1. The number of esters is 1. The summed E-state index contributed by atoms with van der Waals surface area (Å²) in [6.07, 6.45) is 12.7. The Morgan fingerprint density at radius 1 is 1.30 bits per heavy atom. The summed E-state index contributed by atoms with van der Waals surface area (Å²) in [6.45, 7) is 4.10. The number of rotatable bonds is 1. The molecule has 5 heteroatoms. The number of fused-ring (bicyclic) bond motifs is 2. The number of hydrogen-bond acceptors (Lipinski definition) is 5. The summed E-state index contributed by atoms with van der Waals surface area (Å²) in [5.74, 6) is 0.202. The van der Waals surface area contributed by atoms with Crippen molar-refractivity contribution in [1.82, 2.24) is 15.5 Å². The number of nitrogens with one attached hydrogen (secondary N) is 2. The van der Waals surface area contributed by atoms with Crippen LogP contribution in [0.25, 0.3) is 0 Å². The van der Waals surface area contributed by atoms with Gasteiger partial charge in [0.2, 0.25) is 0 Å². The number of ether oxygens (including phenoxy) is 1. The Labute approximate surface area is 139 Å². The van der Waals surface area contributed by atoms with Gasteiger partial charge in [0, 0.05) is 25.2 Å². The summed E-state index contributed by atoms with van der Waals surface area (Å²) in [5.41, 5.74) is -0.466. The van der Waals surface area contributed by atoms with Gasteiger partial charge in [0.05, 0.1) is 7.11 Å². The van der Waals surface area contributed by atoms with Gasteiger partial charge in [0.15, 0.2) is 0 Å². The Balaban J connectivity index is 1.69. The zero-order valence-electron chi connectivity index (χ0n) is 14.4. The number of hydrogen-bond donors (Lipinski definition) is 2. The average Bonchev–Trinajstić information content (AvgIpc) is 3.29. The molecule has 2 fully saturated rings. The quantitative estimate of drug-likeness (QED) is 0.568. The fourth-order valence-electron chi connectivity index (χ4n) is 4.01. The maximum Gasteiger partial charge on any atom is 0.326 e. The van der Waals surface area contributed by atoms with Crippen LogP contribution in [0.15, 0.2) is 12.2 Å². The van der Waals surface area contributed by atoms with Gasteiger partial charge < -0.3 is 10.1 Å². The van der Waals surface area contributed by atoms with Crippen LogP contribution >= 0.6 is 0 Å². The molecule has 130 valence electrons. The van der Waals surface area contributed by atoms with E-state index >= 15 is 0 Å². The smallest absolute Gasteiger partial charge is 0.326 e. The van der Waals surface area contributed by atoms with Crippen LogP contribution in [0.4, 0.5) is 0 Å². The largest absolute Gasteiger partial charge is 0.468 e. The van der Waals surface area contributed by atoms with E-state index in [9.17, 15) is 4.79 Å². The molecule has 3 unspecified atom stereocenters. The Hall–Kier alpha value is -0.910. The van der Waals surface area contributed by atoms with Gasteiger partial charge >= 0.3 is 5.97 Å². The molecule has 3 rings (SSSR count). The SMILES string of the molecule is COC(=O)C12CC1C=CCCCCNCN1CCCCC1CN2. The highest BCUT2D eigenvalue weighted by Crippen LogP contribution is 2.45. The molecule has 1 saturated heterocycles. The summed E-state index contributed by atoms with van der Waals surface area (Å²) in [5, 5.41) is 7.16. The first-order valence-electron chi connectivity index (χ1n) is 9.21. The molecule has 2 N–H and O–H groups in total. The van der Waals surface area contributed by atoms with E-state index in [4.69, 9.17) is 4.74 Å². The summed E-state index contributed by atoms with van der Waals surface area (Å²) < 4.78 is 5.08. The fraction of sp³-hybridized carbons (Fsp3) is 0.833. The van der Waals surface area contributed by atoms with Crippen molar-refractivity contribution < 1.29 is 9.53 Å². The third-order valence-corrected chi connectivity index (χ3v) is 5.62. The van der Waals surface area contributed by atoms with Crippen LogP contribution < -0.4 is 10.6 Å². The first-order chi connectivity index (χ1) is 11.3. The van der Waals surface area contributed by atoms with Crippen molar-refractivity contribution in [2.45, 2.75) is 56.5 Å². The second kappa shape index (κ2) is 7.77. The van der Waals surface area contributed by atoms with Gasteiger partial charge in [-0.25, -0.2) is 0 Å². The van der Waals surface area contributed by atoms with E-state index in [2.05, 4.69) is 27.7 Å².